The van der Waals surface area contributed by atoms with E-state index in [2.05, 4.69) is 25.7 Å². The molecule has 0 saturated carbocycles. The van der Waals surface area contributed by atoms with Crippen LogP contribution in [0.2, 0.25) is 0 Å². The largest absolute Gasteiger partial charge is 0.416 e. The first-order valence-electron chi connectivity index (χ1n) is 8.78. The Balaban J connectivity index is 1.52. The molecule has 150 valence electrons. The van der Waals surface area contributed by atoms with Gasteiger partial charge in [0.15, 0.2) is 11.5 Å². The van der Waals surface area contributed by atoms with E-state index in [0.29, 0.717) is 19.8 Å². The molecule has 2 heterocycles. The fraction of sp³-hybridized carbons (Fsp3) is 0.389. The van der Waals surface area contributed by atoms with Crippen molar-refractivity contribution in [3.63, 3.8) is 0 Å². The minimum absolute atomic E-state index is 0.136. The van der Waals surface area contributed by atoms with Crippen LogP contribution < -0.4 is 10.6 Å². The average Bonchev–Trinajstić information content (AvgIpc) is 2.69. The summed E-state index contributed by atoms with van der Waals surface area (Å²) in [5.74, 6) is -0.115. The smallest absolute Gasteiger partial charge is 0.379 e. The minimum atomic E-state index is -4.42. The number of rotatable bonds is 6. The van der Waals surface area contributed by atoms with Crippen molar-refractivity contribution in [3.05, 3.63) is 47.7 Å². The molecule has 1 amide bonds. The topological polar surface area (TPSA) is 79.4 Å². The molecule has 28 heavy (non-hydrogen) atoms. The van der Waals surface area contributed by atoms with Gasteiger partial charge in [-0.2, -0.15) is 13.2 Å². The van der Waals surface area contributed by atoms with Gasteiger partial charge < -0.3 is 15.4 Å². The van der Waals surface area contributed by atoms with Gasteiger partial charge in [0.05, 0.1) is 18.8 Å². The molecule has 2 aromatic rings. The number of hydrogen-bond acceptors (Lipinski definition) is 6. The summed E-state index contributed by atoms with van der Waals surface area (Å²) in [6, 6.07) is 7.71. The van der Waals surface area contributed by atoms with Crippen LogP contribution in [-0.4, -0.2) is 60.4 Å². The highest BCUT2D eigenvalue weighted by Gasteiger charge is 2.30. The minimum Gasteiger partial charge on any atom is -0.379 e. The second kappa shape index (κ2) is 8.98. The number of halogens is 3. The molecule has 1 aliphatic heterocycles. The molecule has 0 radical (unpaired) electrons. The van der Waals surface area contributed by atoms with Crippen molar-refractivity contribution in [1.82, 2.24) is 20.4 Å². The van der Waals surface area contributed by atoms with Crippen molar-refractivity contribution in [3.8, 4) is 0 Å². The summed E-state index contributed by atoms with van der Waals surface area (Å²) in [7, 11) is 0. The lowest BCUT2D eigenvalue weighted by Crippen LogP contribution is -2.41. The fourth-order valence-corrected chi connectivity index (χ4v) is 2.68. The Morgan fingerprint density at radius 2 is 1.93 bits per heavy atom. The molecular formula is C18H20F3N5O2. The van der Waals surface area contributed by atoms with Crippen LogP contribution in [0.1, 0.15) is 16.1 Å². The van der Waals surface area contributed by atoms with E-state index in [1.54, 1.807) is 0 Å². The first-order chi connectivity index (χ1) is 13.4. The quantitative estimate of drug-likeness (QED) is 0.782. The highest BCUT2D eigenvalue weighted by molar-refractivity contribution is 5.92. The zero-order valence-corrected chi connectivity index (χ0v) is 15.0. The molecule has 1 aromatic carbocycles. The fourth-order valence-electron chi connectivity index (χ4n) is 2.68. The van der Waals surface area contributed by atoms with Gasteiger partial charge in [0.1, 0.15) is 0 Å². The second-order valence-electron chi connectivity index (χ2n) is 6.22. The molecule has 1 saturated heterocycles. The third kappa shape index (κ3) is 5.64. The monoisotopic (exact) mass is 395 g/mol. The number of nitrogens with zero attached hydrogens (tertiary/aromatic N) is 3. The van der Waals surface area contributed by atoms with Crippen LogP contribution in [0, 0.1) is 0 Å². The average molecular weight is 395 g/mol. The van der Waals surface area contributed by atoms with Crippen molar-refractivity contribution in [2.45, 2.75) is 6.18 Å². The lowest BCUT2D eigenvalue weighted by Gasteiger charge is -2.26. The van der Waals surface area contributed by atoms with Gasteiger partial charge >= 0.3 is 6.18 Å². The van der Waals surface area contributed by atoms with Gasteiger partial charge in [-0.3, -0.25) is 9.69 Å². The Hall–Kier alpha value is -2.72. The predicted octanol–water partition coefficient (Wildman–Crippen LogP) is 2.30. The third-order valence-corrected chi connectivity index (χ3v) is 4.18. The third-order valence-electron chi connectivity index (χ3n) is 4.18. The van der Waals surface area contributed by atoms with Gasteiger partial charge in [-0.15, -0.1) is 10.2 Å². The predicted molar refractivity (Wildman–Crippen MR) is 96.4 cm³/mol. The van der Waals surface area contributed by atoms with E-state index in [0.717, 1.165) is 31.8 Å². The molecule has 10 heteroatoms. The number of carbonyl (C=O) groups excluding carboxylic acids is 1. The van der Waals surface area contributed by atoms with E-state index >= 15 is 0 Å². The molecule has 7 nitrogen and oxygen atoms in total. The van der Waals surface area contributed by atoms with Crippen LogP contribution in [0.5, 0.6) is 0 Å². The van der Waals surface area contributed by atoms with Crippen LogP contribution >= 0.6 is 0 Å². The number of hydrogen-bond donors (Lipinski definition) is 2. The molecular weight excluding hydrogens is 375 g/mol. The van der Waals surface area contributed by atoms with Gasteiger partial charge in [0.2, 0.25) is 0 Å². The zero-order chi connectivity index (χ0) is 20.0. The van der Waals surface area contributed by atoms with Gasteiger partial charge in [0, 0.05) is 31.9 Å². The number of amides is 1. The lowest BCUT2D eigenvalue weighted by molar-refractivity contribution is -0.137. The number of carbonyl (C=O) groups is 1. The number of nitrogens with one attached hydrogen (secondary N) is 2. The summed E-state index contributed by atoms with van der Waals surface area (Å²) in [5.41, 5.74) is -0.398. The molecule has 0 aliphatic carbocycles. The van der Waals surface area contributed by atoms with Crippen LogP contribution in [0.25, 0.3) is 0 Å². The molecule has 0 spiro atoms. The van der Waals surface area contributed by atoms with Crippen molar-refractivity contribution in [2.75, 3.05) is 44.7 Å². The number of aromatic nitrogens is 2. The number of benzene rings is 1. The number of ether oxygens (including phenoxy) is 1. The molecule has 0 bridgehead atoms. The Morgan fingerprint density at radius 3 is 2.61 bits per heavy atom. The van der Waals surface area contributed by atoms with E-state index in [1.165, 1.54) is 24.3 Å². The van der Waals surface area contributed by atoms with Crippen LogP contribution in [0.15, 0.2) is 36.4 Å². The summed E-state index contributed by atoms with van der Waals surface area (Å²) < 4.78 is 43.5. The van der Waals surface area contributed by atoms with Crippen molar-refractivity contribution >= 4 is 17.4 Å². The lowest BCUT2D eigenvalue weighted by atomic mass is 10.2. The first kappa shape index (κ1) is 20.0. The van der Waals surface area contributed by atoms with E-state index in [1.807, 2.05) is 0 Å². The Morgan fingerprint density at radius 1 is 1.14 bits per heavy atom. The highest BCUT2D eigenvalue weighted by Crippen LogP contribution is 2.31. The Labute approximate surface area is 159 Å². The van der Waals surface area contributed by atoms with E-state index in [-0.39, 0.29) is 23.1 Å². The van der Waals surface area contributed by atoms with E-state index < -0.39 is 11.7 Å². The van der Waals surface area contributed by atoms with Gasteiger partial charge in [-0.1, -0.05) is 6.07 Å². The normalized spacial score (nSPS) is 15.2. The summed E-state index contributed by atoms with van der Waals surface area (Å²) in [4.78, 5) is 14.3. The molecule has 2 N–H and O–H groups in total. The maximum Gasteiger partial charge on any atom is 0.416 e. The molecule has 1 aromatic heterocycles. The van der Waals surface area contributed by atoms with Crippen LogP contribution in [0.3, 0.4) is 0 Å². The van der Waals surface area contributed by atoms with E-state index in [9.17, 15) is 18.0 Å². The van der Waals surface area contributed by atoms with Gasteiger partial charge in [-0.05, 0) is 30.3 Å². The van der Waals surface area contributed by atoms with Crippen molar-refractivity contribution in [1.29, 1.82) is 0 Å². The number of anilines is 2. The van der Waals surface area contributed by atoms with Crippen LogP contribution in [-0.2, 0) is 10.9 Å². The summed E-state index contributed by atoms with van der Waals surface area (Å²) in [6.07, 6.45) is -4.42. The Kier molecular flexibility index (Phi) is 6.42. The maximum absolute atomic E-state index is 12.8. The molecule has 1 aliphatic rings. The number of alkyl halides is 3. The first-order valence-corrected chi connectivity index (χ1v) is 8.78. The highest BCUT2D eigenvalue weighted by atomic mass is 19.4. The standard InChI is InChI=1S/C18H20F3N5O2/c19-18(20,21)13-2-1-3-14(12-13)23-16-5-4-15(24-25-16)17(27)22-6-7-26-8-10-28-11-9-26/h1-5,12H,6-11H2,(H,22,27)(H,23,25). The van der Waals surface area contributed by atoms with Crippen molar-refractivity contribution < 1.29 is 22.7 Å². The molecule has 1 fully saturated rings. The summed E-state index contributed by atoms with van der Waals surface area (Å²) >= 11 is 0. The van der Waals surface area contributed by atoms with E-state index in [4.69, 9.17) is 4.74 Å². The number of morpholine rings is 1. The second-order valence-corrected chi connectivity index (χ2v) is 6.22. The van der Waals surface area contributed by atoms with Crippen molar-refractivity contribution in [2.24, 2.45) is 0 Å². The zero-order valence-electron chi connectivity index (χ0n) is 15.0. The molecule has 3 rings (SSSR count). The SMILES string of the molecule is O=C(NCCN1CCOCC1)c1ccc(Nc2cccc(C(F)(F)F)c2)nn1. The van der Waals surface area contributed by atoms with Gasteiger partial charge in [0.25, 0.3) is 5.91 Å². The summed E-state index contributed by atoms with van der Waals surface area (Å²) in [5, 5.41) is 13.2. The Bertz CT molecular complexity index is 793. The molecule has 0 unspecified atom stereocenters. The molecule has 0 atom stereocenters. The van der Waals surface area contributed by atoms with Crippen LogP contribution in [0.4, 0.5) is 24.7 Å². The maximum atomic E-state index is 12.8. The van der Waals surface area contributed by atoms with Gasteiger partial charge in [-0.25, -0.2) is 0 Å². The summed E-state index contributed by atoms with van der Waals surface area (Å²) in [6.45, 7) is 4.26.